The van der Waals surface area contributed by atoms with Gasteiger partial charge in [-0.2, -0.15) is 0 Å². The first kappa shape index (κ1) is 30.8. The number of rotatable bonds is 13. The topological polar surface area (TPSA) is 78.1 Å². The summed E-state index contributed by atoms with van der Waals surface area (Å²) >= 11 is 0. The molecule has 0 atom stereocenters. The highest BCUT2D eigenvalue weighted by Crippen LogP contribution is 2.50. The molecule has 0 aliphatic carbocycles. The van der Waals surface area contributed by atoms with Crippen LogP contribution in [0.4, 0.5) is 0 Å². The molecule has 2 N–H and O–H groups in total. The summed E-state index contributed by atoms with van der Waals surface area (Å²) in [5, 5.41) is 6.13. The lowest BCUT2D eigenvalue weighted by molar-refractivity contribution is -0.121. The first-order chi connectivity index (χ1) is 19.6. The zero-order chi connectivity index (χ0) is 29.5. The number of unbranched alkanes of at least 4 members (excludes halogenated alkanes) is 3. The lowest BCUT2D eigenvalue weighted by atomic mass is 9.79. The van der Waals surface area contributed by atoms with Crippen molar-refractivity contribution in [3.8, 4) is 23.0 Å². The second-order valence-electron chi connectivity index (χ2n) is 12.4. The van der Waals surface area contributed by atoms with Crippen LogP contribution in [-0.4, -0.2) is 51.0 Å². The van der Waals surface area contributed by atoms with Crippen LogP contribution in [0.25, 0.3) is 11.1 Å². The Morgan fingerprint density at radius 1 is 0.805 bits per heavy atom. The summed E-state index contributed by atoms with van der Waals surface area (Å²) in [6.07, 6.45) is 7.01. The summed E-state index contributed by atoms with van der Waals surface area (Å²) < 4.78 is 24.4. The third kappa shape index (κ3) is 8.41. The van der Waals surface area contributed by atoms with Crippen molar-refractivity contribution in [3.63, 3.8) is 0 Å². The van der Waals surface area contributed by atoms with Gasteiger partial charge in [-0.25, -0.2) is 0 Å². The fourth-order valence-corrected chi connectivity index (χ4v) is 5.63. The Kier molecular flexibility index (Phi) is 10.2. The summed E-state index contributed by atoms with van der Waals surface area (Å²) in [7, 11) is 3.63. The molecule has 0 saturated carbocycles. The quantitative estimate of drug-likeness (QED) is 0.261. The van der Waals surface area contributed by atoms with Gasteiger partial charge >= 0.3 is 0 Å². The van der Waals surface area contributed by atoms with Crippen molar-refractivity contribution in [1.29, 1.82) is 0 Å². The highest BCUT2D eigenvalue weighted by atomic mass is 16.5. The Bertz CT molecular complexity index is 1230. The van der Waals surface area contributed by atoms with Gasteiger partial charge in [-0.3, -0.25) is 4.79 Å². The molecular formula is C34H48N2O5. The van der Waals surface area contributed by atoms with Crippen LogP contribution in [0, 0.1) is 0 Å². The predicted octanol–water partition coefficient (Wildman–Crippen LogP) is 6.78. The zero-order valence-electron chi connectivity index (χ0n) is 25.8. The van der Waals surface area contributed by atoms with E-state index in [1.165, 1.54) is 11.1 Å². The number of methoxy groups -OCH3 is 1. The average molecular weight is 565 g/mol. The number of carbonyl (C=O) groups is 1. The molecule has 224 valence electrons. The van der Waals surface area contributed by atoms with E-state index < -0.39 is 0 Å². The molecule has 2 aromatic rings. The number of amides is 1. The van der Waals surface area contributed by atoms with E-state index in [4.69, 9.17) is 18.9 Å². The van der Waals surface area contributed by atoms with E-state index in [2.05, 4.69) is 50.5 Å². The standard InChI is InChI=1S/C34H48N2O5/c1-33(2)22-28(26-15-13-24(38-6)20-30(26)40-33)29-23-34(3,4)41-31-21-25(14-16-27(29)31)39-19-11-7-8-12-32(37)36-18-10-9-17-35-5/h13-16,20-21,35H,7-12,17-19,22-23H2,1-6H3,(H,36,37)/b29-28+. The minimum absolute atomic E-state index is 0.143. The van der Waals surface area contributed by atoms with Crippen molar-refractivity contribution in [1.82, 2.24) is 10.6 Å². The van der Waals surface area contributed by atoms with E-state index in [9.17, 15) is 4.79 Å². The van der Waals surface area contributed by atoms with Crippen LogP contribution in [0.1, 0.15) is 90.2 Å². The molecular weight excluding hydrogens is 516 g/mol. The first-order valence-corrected chi connectivity index (χ1v) is 15.1. The summed E-state index contributed by atoms with van der Waals surface area (Å²) in [6, 6.07) is 12.3. The molecule has 0 spiro atoms. The molecule has 41 heavy (non-hydrogen) atoms. The van der Waals surface area contributed by atoms with Crippen molar-refractivity contribution in [2.75, 3.05) is 33.9 Å². The Balaban J connectivity index is 1.39. The number of ether oxygens (including phenoxy) is 4. The van der Waals surface area contributed by atoms with Crippen LogP contribution in [0.2, 0.25) is 0 Å². The summed E-state index contributed by atoms with van der Waals surface area (Å²) in [6.45, 7) is 10.9. The van der Waals surface area contributed by atoms with Gasteiger partial charge in [0.2, 0.25) is 5.91 Å². The Hall–Kier alpha value is -3.19. The van der Waals surface area contributed by atoms with Crippen LogP contribution in [0.5, 0.6) is 23.0 Å². The van der Waals surface area contributed by atoms with E-state index in [1.54, 1.807) is 7.11 Å². The molecule has 0 unspecified atom stereocenters. The van der Waals surface area contributed by atoms with Crippen molar-refractivity contribution < 1.29 is 23.7 Å². The second kappa shape index (κ2) is 13.6. The van der Waals surface area contributed by atoms with Gasteiger partial charge in [-0.1, -0.05) is 0 Å². The van der Waals surface area contributed by atoms with Gasteiger partial charge in [-0.15, -0.1) is 0 Å². The van der Waals surface area contributed by atoms with Crippen LogP contribution in [0.15, 0.2) is 36.4 Å². The maximum absolute atomic E-state index is 12.0. The van der Waals surface area contributed by atoms with Crippen LogP contribution >= 0.6 is 0 Å². The minimum Gasteiger partial charge on any atom is -0.497 e. The highest BCUT2D eigenvalue weighted by molar-refractivity contribution is 5.96. The van der Waals surface area contributed by atoms with Gasteiger partial charge < -0.3 is 29.6 Å². The third-order valence-corrected chi connectivity index (χ3v) is 7.63. The van der Waals surface area contributed by atoms with Crippen molar-refractivity contribution >= 4 is 17.1 Å². The molecule has 7 heteroatoms. The highest BCUT2D eigenvalue weighted by Gasteiger charge is 2.37. The number of hydrogen-bond donors (Lipinski definition) is 2. The van der Waals surface area contributed by atoms with Crippen LogP contribution < -0.4 is 29.6 Å². The van der Waals surface area contributed by atoms with Crippen molar-refractivity contribution in [3.05, 3.63) is 47.5 Å². The SMILES string of the molecule is CNCCCCNC(=O)CCCCCOc1ccc2c(c1)OC(C)(C)C/C2=C1/CC(C)(C)Oc2cc(OC)ccc21. The van der Waals surface area contributed by atoms with E-state index in [0.29, 0.717) is 13.0 Å². The molecule has 2 aromatic carbocycles. The molecule has 2 aliphatic heterocycles. The molecule has 2 aliphatic rings. The predicted molar refractivity (Wildman–Crippen MR) is 165 cm³/mol. The number of benzene rings is 2. The molecule has 0 saturated heterocycles. The lowest BCUT2D eigenvalue weighted by Gasteiger charge is -2.39. The Morgan fingerprint density at radius 3 is 2.00 bits per heavy atom. The fourth-order valence-electron chi connectivity index (χ4n) is 5.63. The van der Waals surface area contributed by atoms with Crippen molar-refractivity contribution in [2.24, 2.45) is 0 Å². The maximum Gasteiger partial charge on any atom is 0.219 e. The summed E-state index contributed by atoms with van der Waals surface area (Å²) in [5.74, 6) is 3.45. The number of carbonyl (C=O) groups excluding carboxylic acids is 1. The largest absolute Gasteiger partial charge is 0.497 e. The molecule has 0 aromatic heterocycles. The van der Waals surface area contributed by atoms with Crippen LogP contribution in [0.3, 0.4) is 0 Å². The number of fused-ring (bicyclic) bond motifs is 2. The van der Waals surface area contributed by atoms with E-state index in [1.807, 2.05) is 31.3 Å². The molecule has 1 amide bonds. The summed E-state index contributed by atoms with van der Waals surface area (Å²) in [5.41, 5.74) is 4.14. The van der Waals surface area contributed by atoms with Gasteiger partial charge in [0, 0.05) is 49.1 Å². The number of nitrogens with one attached hydrogen (secondary N) is 2. The van der Waals surface area contributed by atoms with Crippen LogP contribution in [-0.2, 0) is 4.79 Å². The third-order valence-electron chi connectivity index (χ3n) is 7.63. The molecule has 4 rings (SSSR count). The van der Waals surface area contributed by atoms with Gasteiger partial charge in [0.1, 0.15) is 34.2 Å². The average Bonchev–Trinajstić information content (AvgIpc) is 2.92. The normalized spacial score (nSPS) is 18.4. The molecule has 0 fully saturated rings. The van der Waals surface area contributed by atoms with Gasteiger partial charge in [0.15, 0.2) is 0 Å². The van der Waals surface area contributed by atoms with Gasteiger partial charge in [0.05, 0.1) is 13.7 Å². The first-order valence-electron chi connectivity index (χ1n) is 15.1. The van der Waals surface area contributed by atoms with E-state index in [-0.39, 0.29) is 17.1 Å². The molecule has 7 nitrogen and oxygen atoms in total. The van der Waals surface area contributed by atoms with E-state index >= 15 is 0 Å². The van der Waals surface area contributed by atoms with Crippen molar-refractivity contribution in [2.45, 2.75) is 90.3 Å². The second-order valence-corrected chi connectivity index (χ2v) is 12.4. The molecule has 2 heterocycles. The van der Waals surface area contributed by atoms with E-state index in [0.717, 1.165) is 92.2 Å². The lowest BCUT2D eigenvalue weighted by Crippen LogP contribution is -2.35. The van der Waals surface area contributed by atoms with Gasteiger partial charge in [-0.05, 0) is 109 Å². The molecule has 0 bridgehead atoms. The monoisotopic (exact) mass is 564 g/mol. The minimum atomic E-state index is -0.351. The Morgan fingerprint density at radius 2 is 1.39 bits per heavy atom. The Labute approximate surface area is 246 Å². The smallest absolute Gasteiger partial charge is 0.219 e. The fraction of sp³-hybridized carbons (Fsp3) is 0.559. The zero-order valence-corrected chi connectivity index (χ0v) is 25.8. The maximum atomic E-state index is 12.0. The number of hydrogen-bond acceptors (Lipinski definition) is 6. The summed E-state index contributed by atoms with van der Waals surface area (Å²) in [4.78, 5) is 12.0. The molecule has 0 radical (unpaired) electrons. The van der Waals surface area contributed by atoms with Gasteiger partial charge in [0.25, 0.3) is 0 Å².